The van der Waals surface area contributed by atoms with Gasteiger partial charge in [-0.15, -0.1) is 0 Å². The van der Waals surface area contributed by atoms with Gasteiger partial charge >= 0.3 is 0 Å². The minimum atomic E-state index is -1.74. The van der Waals surface area contributed by atoms with Crippen molar-refractivity contribution in [3.63, 3.8) is 0 Å². The molecule has 0 aromatic heterocycles. The summed E-state index contributed by atoms with van der Waals surface area (Å²) >= 11 is 0. The molecule has 2 heteroatoms. The second-order valence-corrected chi connectivity index (χ2v) is 12.9. The van der Waals surface area contributed by atoms with Crippen LogP contribution in [0.5, 0.6) is 0 Å². The number of hydrogen-bond acceptors (Lipinski definition) is 1. The number of carbonyl (C=O) groups excluding carboxylic acids is 1. The largest absolute Gasteiger partial charge is 0.305 e. The molecule has 1 nitrogen and oxygen atoms in total. The summed E-state index contributed by atoms with van der Waals surface area (Å²) in [5, 5.41) is 0.789. The third-order valence-corrected chi connectivity index (χ3v) is 10.5. The first-order valence-electron chi connectivity index (χ1n) is 7.18. The lowest BCUT2D eigenvalue weighted by molar-refractivity contribution is -0.113. The Morgan fingerprint density at radius 2 is 1.82 bits per heavy atom. The fourth-order valence-electron chi connectivity index (χ4n) is 2.65. The molecule has 0 aromatic rings. The molecular weight excluding hydrogens is 224 g/mol. The quantitative estimate of drug-likeness (QED) is 0.657. The van der Waals surface area contributed by atoms with E-state index in [1.807, 2.05) is 0 Å². The average molecular weight is 254 g/mol. The molecule has 2 unspecified atom stereocenters. The third-order valence-electron chi connectivity index (χ3n) is 5.16. The molecule has 0 spiro atoms. The number of carbonyl (C=O) groups is 1. The Kier molecular flexibility index (Phi) is 4.62. The van der Waals surface area contributed by atoms with Crippen LogP contribution in [0, 0.1) is 11.8 Å². The molecule has 0 bridgehead atoms. The van der Waals surface area contributed by atoms with Gasteiger partial charge in [-0.05, 0) is 29.7 Å². The minimum absolute atomic E-state index is 0.201. The Morgan fingerprint density at radius 3 is 2.24 bits per heavy atom. The lowest BCUT2D eigenvalue weighted by Crippen LogP contribution is -2.46. The highest BCUT2D eigenvalue weighted by Crippen LogP contribution is 2.39. The highest BCUT2D eigenvalue weighted by atomic mass is 28.3. The summed E-state index contributed by atoms with van der Waals surface area (Å²) in [6.45, 7) is 13.5. The summed E-state index contributed by atoms with van der Waals surface area (Å²) in [4.78, 5) is 12.4. The van der Waals surface area contributed by atoms with E-state index in [4.69, 9.17) is 0 Å². The van der Waals surface area contributed by atoms with Gasteiger partial charge in [-0.1, -0.05) is 53.6 Å². The van der Waals surface area contributed by atoms with Gasteiger partial charge in [0.05, 0.1) is 0 Å². The SMILES string of the molecule is CC1CCC(CCC(=O)[Si](C)(C)C(C)(C)C)C1. The van der Waals surface area contributed by atoms with Crippen molar-refractivity contribution in [1.29, 1.82) is 0 Å². The summed E-state index contributed by atoms with van der Waals surface area (Å²) in [7, 11) is -1.74. The Labute approximate surface area is 108 Å². The standard InChI is InChI=1S/C15H30OSi/c1-12-7-8-13(11-12)9-10-14(16)17(5,6)15(2,3)4/h12-13H,7-11H2,1-6H3. The molecular formula is C15H30OSi. The van der Waals surface area contributed by atoms with Crippen molar-refractivity contribution in [3.8, 4) is 0 Å². The van der Waals surface area contributed by atoms with E-state index in [0.717, 1.165) is 24.7 Å². The first-order chi connectivity index (χ1) is 7.64. The van der Waals surface area contributed by atoms with E-state index < -0.39 is 8.07 Å². The van der Waals surface area contributed by atoms with E-state index in [1.54, 1.807) is 0 Å². The van der Waals surface area contributed by atoms with Crippen molar-refractivity contribution in [2.24, 2.45) is 11.8 Å². The van der Waals surface area contributed by atoms with Gasteiger partial charge in [-0.2, -0.15) is 0 Å². The van der Waals surface area contributed by atoms with Crippen LogP contribution < -0.4 is 0 Å². The van der Waals surface area contributed by atoms with E-state index >= 15 is 0 Å². The first-order valence-corrected chi connectivity index (χ1v) is 10.2. The van der Waals surface area contributed by atoms with Crippen molar-refractivity contribution in [2.75, 3.05) is 0 Å². The maximum Gasteiger partial charge on any atom is 0.132 e. The number of rotatable bonds is 4. The van der Waals surface area contributed by atoms with E-state index in [-0.39, 0.29) is 5.04 Å². The second-order valence-electron chi connectivity index (χ2n) is 7.62. The van der Waals surface area contributed by atoms with Gasteiger partial charge in [-0.25, -0.2) is 0 Å². The topological polar surface area (TPSA) is 17.1 Å². The summed E-state index contributed by atoms with van der Waals surface area (Å²) in [6.07, 6.45) is 6.07. The van der Waals surface area contributed by atoms with Gasteiger partial charge in [-0.3, -0.25) is 0 Å². The van der Waals surface area contributed by atoms with Crippen molar-refractivity contribution < 1.29 is 4.79 Å². The van der Waals surface area contributed by atoms with E-state index in [1.165, 1.54) is 19.3 Å². The fourth-order valence-corrected chi connectivity index (χ4v) is 4.26. The third kappa shape index (κ3) is 3.67. The average Bonchev–Trinajstić information content (AvgIpc) is 2.58. The molecule has 0 amide bonds. The molecule has 0 radical (unpaired) electrons. The van der Waals surface area contributed by atoms with Crippen LogP contribution in [0.4, 0.5) is 0 Å². The summed E-state index contributed by atoms with van der Waals surface area (Å²) in [5.41, 5.74) is 0. The predicted molar refractivity (Wildman–Crippen MR) is 77.9 cm³/mol. The van der Waals surface area contributed by atoms with Gasteiger partial charge < -0.3 is 4.79 Å². The van der Waals surface area contributed by atoms with Crippen molar-refractivity contribution >= 4 is 13.5 Å². The van der Waals surface area contributed by atoms with Gasteiger partial charge in [0.1, 0.15) is 13.5 Å². The van der Waals surface area contributed by atoms with Crippen LogP contribution in [0.2, 0.25) is 18.1 Å². The Balaban J connectivity index is 2.45. The lowest BCUT2D eigenvalue weighted by atomic mass is 10.0. The Hall–Kier alpha value is -0.113. The molecule has 1 rings (SSSR count). The van der Waals surface area contributed by atoms with Gasteiger partial charge in [0.15, 0.2) is 0 Å². The van der Waals surface area contributed by atoms with Crippen LogP contribution in [0.3, 0.4) is 0 Å². The van der Waals surface area contributed by atoms with Crippen LogP contribution in [0.1, 0.15) is 59.8 Å². The molecule has 0 saturated heterocycles. The van der Waals surface area contributed by atoms with Crippen LogP contribution in [0.15, 0.2) is 0 Å². The zero-order valence-corrected chi connectivity index (χ0v) is 13.6. The molecule has 17 heavy (non-hydrogen) atoms. The fraction of sp³-hybridized carbons (Fsp3) is 0.933. The lowest BCUT2D eigenvalue weighted by Gasteiger charge is -2.35. The zero-order valence-electron chi connectivity index (χ0n) is 12.6. The van der Waals surface area contributed by atoms with Gasteiger partial charge in [0.25, 0.3) is 0 Å². The molecule has 1 fully saturated rings. The first kappa shape index (κ1) is 14.9. The van der Waals surface area contributed by atoms with Crippen molar-refractivity contribution in [1.82, 2.24) is 0 Å². The highest BCUT2D eigenvalue weighted by Gasteiger charge is 2.41. The highest BCUT2D eigenvalue weighted by molar-refractivity contribution is 7.06. The predicted octanol–water partition coefficient (Wildman–Crippen LogP) is 4.82. The molecule has 0 aliphatic heterocycles. The molecule has 2 atom stereocenters. The maximum absolute atomic E-state index is 12.4. The molecule has 100 valence electrons. The Bertz CT molecular complexity index is 275. The molecule has 0 heterocycles. The van der Waals surface area contributed by atoms with Gasteiger partial charge in [0, 0.05) is 6.42 Å². The van der Waals surface area contributed by atoms with E-state index in [9.17, 15) is 4.79 Å². The molecule has 0 aromatic carbocycles. The summed E-state index contributed by atoms with van der Waals surface area (Å²) in [5.74, 6) is 1.72. The van der Waals surface area contributed by atoms with Crippen LogP contribution in [-0.2, 0) is 4.79 Å². The van der Waals surface area contributed by atoms with Crippen molar-refractivity contribution in [3.05, 3.63) is 0 Å². The molecule has 0 N–H and O–H groups in total. The van der Waals surface area contributed by atoms with Crippen LogP contribution >= 0.6 is 0 Å². The molecule has 1 saturated carbocycles. The zero-order chi connectivity index (χ0) is 13.3. The normalized spacial score (nSPS) is 26.2. The summed E-state index contributed by atoms with van der Waals surface area (Å²) in [6, 6.07) is 0. The van der Waals surface area contributed by atoms with Crippen molar-refractivity contribution in [2.45, 2.75) is 77.9 Å². The Morgan fingerprint density at radius 1 is 1.24 bits per heavy atom. The molecule has 1 aliphatic carbocycles. The second kappa shape index (κ2) is 5.25. The number of hydrogen-bond donors (Lipinski definition) is 0. The van der Waals surface area contributed by atoms with E-state index in [2.05, 4.69) is 40.8 Å². The van der Waals surface area contributed by atoms with E-state index in [0.29, 0.717) is 5.41 Å². The maximum atomic E-state index is 12.4. The van der Waals surface area contributed by atoms with Crippen LogP contribution in [-0.4, -0.2) is 13.5 Å². The smallest absolute Gasteiger partial charge is 0.132 e. The minimum Gasteiger partial charge on any atom is -0.305 e. The van der Waals surface area contributed by atoms with Gasteiger partial charge in [0.2, 0.25) is 0 Å². The summed E-state index contributed by atoms with van der Waals surface area (Å²) < 4.78 is 0. The van der Waals surface area contributed by atoms with Crippen LogP contribution in [0.25, 0.3) is 0 Å². The molecule has 1 aliphatic rings. The monoisotopic (exact) mass is 254 g/mol.